The van der Waals surface area contributed by atoms with Crippen molar-refractivity contribution in [1.82, 2.24) is 0 Å². The Morgan fingerprint density at radius 3 is 2.86 bits per heavy atom. The highest BCUT2D eigenvalue weighted by atomic mass is 32.1. The average molecular weight is 307 g/mol. The van der Waals surface area contributed by atoms with Gasteiger partial charge in [-0.15, -0.1) is 0 Å². The van der Waals surface area contributed by atoms with E-state index in [1.165, 1.54) is 12.1 Å². The standard InChI is InChI=1S/C13H13N3O4S/c14-6-7-20-10-3-1-2-9(8-10)15-13(17)11-4-5-12(21-11)16(18)19/h1-5,8H,6-7,14H2,(H,15,17). The summed E-state index contributed by atoms with van der Waals surface area (Å²) in [7, 11) is 0. The Morgan fingerprint density at radius 2 is 2.19 bits per heavy atom. The second-order valence-corrected chi connectivity index (χ2v) is 5.08. The predicted octanol–water partition coefficient (Wildman–Crippen LogP) is 2.25. The maximum absolute atomic E-state index is 12.0. The first-order chi connectivity index (χ1) is 10.1. The quantitative estimate of drug-likeness (QED) is 0.628. The fourth-order valence-corrected chi connectivity index (χ4v) is 2.30. The molecule has 0 aliphatic rings. The molecule has 0 aliphatic carbocycles. The lowest BCUT2D eigenvalue weighted by molar-refractivity contribution is -0.380. The van der Waals surface area contributed by atoms with Crippen molar-refractivity contribution in [2.24, 2.45) is 5.73 Å². The Labute approximate surface area is 124 Å². The Kier molecular flexibility index (Phi) is 4.85. The monoisotopic (exact) mass is 307 g/mol. The second kappa shape index (κ2) is 6.82. The molecular formula is C13H13N3O4S. The molecule has 1 amide bonds. The number of nitrogens with one attached hydrogen (secondary N) is 1. The van der Waals surface area contributed by atoms with E-state index in [4.69, 9.17) is 10.5 Å². The number of carbonyl (C=O) groups excluding carboxylic acids is 1. The number of nitrogens with zero attached hydrogens (tertiary/aromatic N) is 1. The number of anilines is 1. The summed E-state index contributed by atoms with van der Waals surface area (Å²) in [6.07, 6.45) is 0. The van der Waals surface area contributed by atoms with E-state index in [9.17, 15) is 14.9 Å². The number of benzene rings is 1. The second-order valence-electron chi connectivity index (χ2n) is 4.01. The van der Waals surface area contributed by atoms with E-state index in [0.717, 1.165) is 11.3 Å². The van der Waals surface area contributed by atoms with E-state index in [1.807, 2.05) is 0 Å². The van der Waals surface area contributed by atoms with E-state index in [2.05, 4.69) is 5.32 Å². The van der Waals surface area contributed by atoms with Crippen LogP contribution in [0.2, 0.25) is 0 Å². The van der Waals surface area contributed by atoms with Crippen LogP contribution in [0.3, 0.4) is 0 Å². The molecule has 0 unspecified atom stereocenters. The summed E-state index contributed by atoms with van der Waals surface area (Å²) >= 11 is 0.828. The molecule has 21 heavy (non-hydrogen) atoms. The Hall–Kier alpha value is -2.45. The summed E-state index contributed by atoms with van der Waals surface area (Å²) in [5.41, 5.74) is 5.90. The molecular weight excluding hydrogens is 294 g/mol. The van der Waals surface area contributed by atoms with Crippen LogP contribution < -0.4 is 15.8 Å². The van der Waals surface area contributed by atoms with Gasteiger partial charge in [-0.3, -0.25) is 14.9 Å². The van der Waals surface area contributed by atoms with E-state index in [0.29, 0.717) is 24.6 Å². The number of carbonyl (C=O) groups is 1. The van der Waals surface area contributed by atoms with Crippen molar-refractivity contribution in [2.75, 3.05) is 18.5 Å². The fourth-order valence-electron chi connectivity index (χ4n) is 1.58. The maximum Gasteiger partial charge on any atom is 0.324 e. The van der Waals surface area contributed by atoms with Gasteiger partial charge in [0.1, 0.15) is 12.4 Å². The van der Waals surface area contributed by atoms with Crippen LogP contribution in [0.15, 0.2) is 36.4 Å². The van der Waals surface area contributed by atoms with Crippen molar-refractivity contribution in [3.63, 3.8) is 0 Å². The van der Waals surface area contributed by atoms with Gasteiger partial charge in [0.05, 0.1) is 9.80 Å². The zero-order valence-electron chi connectivity index (χ0n) is 10.9. The van der Waals surface area contributed by atoms with E-state index in [-0.39, 0.29) is 9.88 Å². The molecule has 0 atom stereocenters. The van der Waals surface area contributed by atoms with Gasteiger partial charge in [-0.2, -0.15) is 0 Å². The molecule has 3 N–H and O–H groups in total. The maximum atomic E-state index is 12.0. The molecule has 0 aliphatic heterocycles. The molecule has 0 saturated heterocycles. The minimum atomic E-state index is -0.525. The molecule has 8 heteroatoms. The third-order valence-electron chi connectivity index (χ3n) is 2.47. The highest BCUT2D eigenvalue weighted by Crippen LogP contribution is 2.25. The zero-order valence-corrected chi connectivity index (χ0v) is 11.8. The van der Waals surface area contributed by atoms with Crippen LogP contribution in [0.4, 0.5) is 10.7 Å². The van der Waals surface area contributed by atoms with Gasteiger partial charge in [0.2, 0.25) is 0 Å². The number of hydrogen-bond acceptors (Lipinski definition) is 6. The number of thiophene rings is 1. The van der Waals surface area contributed by atoms with Crippen LogP contribution in [-0.4, -0.2) is 24.0 Å². The molecule has 110 valence electrons. The average Bonchev–Trinajstić information content (AvgIpc) is 2.95. The molecule has 0 saturated carbocycles. The van der Waals surface area contributed by atoms with Crippen LogP contribution in [0, 0.1) is 10.1 Å². The summed E-state index contributed by atoms with van der Waals surface area (Å²) in [4.78, 5) is 22.3. The Balaban J connectivity index is 2.06. The predicted molar refractivity (Wildman–Crippen MR) is 79.9 cm³/mol. The van der Waals surface area contributed by atoms with Crippen LogP contribution in [0.1, 0.15) is 9.67 Å². The van der Waals surface area contributed by atoms with Crippen molar-refractivity contribution in [3.8, 4) is 5.75 Å². The van der Waals surface area contributed by atoms with E-state index >= 15 is 0 Å². The summed E-state index contributed by atoms with van der Waals surface area (Å²) < 4.78 is 5.36. The van der Waals surface area contributed by atoms with Gasteiger partial charge < -0.3 is 15.8 Å². The number of nitrogens with two attached hydrogens (primary N) is 1. The lowest BCUT2D eigenvalue weighted by Crippen LogP contribution is -2.12. The van der Waals surface area contributed by atoms with Crippen LogP contribution in [-0.2, 0) is 0 Å². The lowest BCUT2D eigenvalue weighted by Gasteiger charge is -2.07. The van der Waals surface area contributed by atoms with Crippen LogP contribution in [0.5, 0.6) is 5.75 Å². The van der Waals surface area contributed by atoms with Gasteiger partial charge in [-0.05, 0) is 18.2 Å². The SMILES string of the molecule is NCCOc1cccc(NC(=O)c2ccc([N+](=O)[O-])s2)c1. The Bertz CT molecular complexity index is 656. The van der Waals surface area contributed by atoms with Crippen LogP contribution >= 0.6 is 11.3 Å². The van der Waals surface area contributed by atoms with Gasteiger partial charge in [-0.1, -0.05) is 17.4 Å². The van der Waals surface area contributed by atoms with Crippen LogP contribution in [0.25, 0.3) is 0 Å². The number of amides is 1. The summed E-state index contributed by atoms with van der Waals surface area (Å²) in [5.74, 6) is 0.194. The lowest BCUT2D eigenvalue weighted by atomic mass is 10.3. The number of ether oxygens (including phenoxy) is 1. The van der Waals surface area contributed by atoms with Gasteiger partial charge in [0.15, 0.2) is 0 Å². The summed E-state index contributed by atoms with van der Waals surface area (Å²) in [6.45, 7) is 0.782. The molecule has 7 nitrogen and oxygen atoms in total. The first kappa shape index (κ1) is 14.9. The number of hydrogen-bond donors (Lipinski definition) is 2. The molecule has 1 heterocycles. The normalized spacial score (nSPS) is 10.1. The smallest absolute Gasteiger partial charge is 0.324 e. The van der Waals surface area contributed by atoms with E-state index < -0.39 is 10.8 Å². The molecule has 0 radical (unpaired) electrons. The number of nitro groups is 1. The van der Waals surface area contributed by atoms with Gasteiger partial charge in [-0.25, -0.2) is 0 Å². The fraction of sp³-hybridized carbons (Fsp3) is 0.154. The first-order valence-electron chi connectivity index (χ1n) is 6.08. The molecule has 1 aromatic carbocycles. The first-order valence-corrected chi connectivity index (χ1v) is 6.90. The minimum Gasteiger partial charge on any atom is -0.492 e. The third kappa shape index (κ3) is 4.01. The minimum absolute atomic E-state index is 0.0693. The van der Waals surface area contributed by atoms with Crippen molar-refractivity contribution in [3.05, 3.63) is 51.4 Å². The largest absolute Gasteiger partial charge is 0.492 e. The summed E-state index contributed by atoms with van der Waals surface area (Å²) in [6, 6.07) is 9.58. The Morgan fingerprint density at radius 1 is 1.38 bits per heavy atom. The van der Waals surface area contributed by atoms with Gasteiger partial charge in [0, 0.05) is 24.4 Å². The van der Waals surface area contributed by atoms with E-state index in [1.54, 1.807) is 24.3 Å². The molecule has 0 fully saturated rings. The molecule has 1 aromatic heterocycles. The highest BCUT2D eigenvalue weighted by molar-refractivity contribution is 7.17. The van der Waals surface area contributed by atoms with Crippen molar-refractivity contribution in [2.45, 2.75) is 0 Å². The highest BCUT2D eigenvalue weighted by Gasteiger charge is 2.15. The number of rotatable bonds is 6. The molecule has 2 aromatic rings. The van der Waals surface area contributed by atoms with Crippen molar-refractivity contribution >= 4 is 27.9 Å². The molecule has 2 rings (SSSR count). The van der Waals surface area contributed by atoms with Crippen molar-refractivity contribution < 1.29 is 14.5 Å². The summed E-state index contributed by atoms with van der Waals surface area (Å²) in [5, 5.41) is 13.2. The third-order valence-corrected chi connectivity index (χ3v) is 3.51. The molecule has 0 spiro atoms. The van der Waals surface area contributed by atoms with Gasteiger partial charge in [0.25, 0.3) is 5.91 Å². The topological polar surface area (TPSA) is 107 Å². The zero-order chi connectivity index (χ0) is 15.2. The van der Waals surface area contributed by atoms with Gasteiger partial charge >= 0.3 is 5.00 Å². The van der Waals surface area contributed by atoms with Crippen molar-refractivity contribution in [1.29, 1.82) is 0 Å². The molecule has 0 bridgehead atoms.